The highest BCUT2D eigenvalue weighted by molar-refractivity contribution is 5.74. The summed E-state index contributed by atoms with van der Waals surface area (Å²) in [5, 5.41) is 6.00. The molecular weight excluding hydrogens is 314 g/mol. The van der Waals surface area contributed by atoms with Gasteiger partial charge in [0, 0.05) is 31.1 Å². The van der Waals surface area contributed by atoms with Crippen LogP contribution >= 0.6 is 0 Å². The van der Waals surface area contributed by atoms with Crippen molar-refractivity contribution in [3.8, 4) is 0 Å². The van der Waals surface area contributed by atoms with E-state index in [1.54, 1.807) is 0 Å². The third-order valence-corrected chi connectivity index (χ3v) is 4.46. The minimum Gasteiger partial charge on any atom is -0.373 e. The number of nitrogens with zero attached hydrogens (tertiary/aromatic N) is 1. The average molecular weight is 339 g/mol. The number of ether oxygens (including phenoxy) is 1. The summed E-state index contributed by atoms with van der Waals surface area (Å²) in [6.45, 7) is 3.23. The van der Waals surface area contributed by atoms with Gasteiger partial charge >= 0.3 is 6.03 Å². The first-order valence-electron chi connectivity index (χ1n) is 8.83. The Labute approximate surface area is 148 Å². The van der Waals surface area contributed by atoms with Crippen LogP contribution in [-0.2, 0) is 11.2 Å². The van der Waals surface area contributed by atoms with Crippen LogP contribution in [0.1, 0.15) is 35.8 Å². The van der Waals surface area contributed by atoms with Gasteiger partial charge in [-0.15, -0.1) is 0 Å². The van der Waals surface area contributed by atoms with Crippen molar-refractivity contribution in [3.05, 3.63) is 65.5 Å². The monoisotopic (exact) mass is 339 g/mol. The molecule has 1 aromatic carbocycles. The zero-order chi connectivity index (χ0) is 17.5. The summed E-state index contributed by atoms with van der Waals surface area (Å²) in [6.07, 6.45) is 4.34. The van der Waals surface area contributed by atoms with Crippen LogP contribution in [0.25, 0.3) is 0 Å². The van der Waals surface area contributed by atoms with Crippen molar-refractivity contribution in [2.24, 2.45) is 0 Å². The molecule has 1 aliphatic rings. The summed E-state index contributed by atoms with van der Waals surface area (Å²) in [4.78, 5) is 16.4. The number of rotatable bonds is 5. The molecule has 1 aromatic heterocycles. The van der Waals surface area contributed by atoms with Crippen molar-refractivity contribution in [3.63, 3.8) is 0 Å². The van der Waals surface area contributed by atoms with Crippen molar-refractivity contribution in [1.29, 1.82) is 0 Å². The van der Waals surface area contributed by atoms with E-state index < -0.39 is 0 Å². The van der Waals surface area contributed by atoms with E-state index >= 15 is 0 Å². The van der Waals surface area contributed by atoms with E-state index in [1.807, 2.05) is 43.5 Å². The number of aromatic nitrogens is 1. The van der Waals surface area contributed by atoms with E-state index in [-0.39, 0.29) is 18.2 Å². The Hall–Kier alpha value is -2.40. The minimum absolute atomic E-state index is 0.0545. The Morgan fingerprint density at radius 2 is 2.08 bits per heavy atom. The number of pyridine rings is 1. The van der Waals surface area contributed by atoms with E-state index in [1.165, 1.54) is 5.56 Å². The number of carbonyl (C=O) groups is 1. The maximum absolute atomic E-state index is 12.1. The molecule has 2 heterocycles. The molecule has 0 aliphatic carbocycles. The molecule has 25 heavy (non-hydrogen) atoms. The van der Waals surface area contributed by atoms with Crippen LogP contribution in [0, 0.1) is 6.92 Å². The van der Waals surface area contributed by atoms with Crippen LogP contribution in [0.5, 0.6) is 0 Å². The van der Waals surface area contributed by atoms with E-state index in [2.05, 4.69) is 27.8 Å². The maximum atomic E-state index is 12.1. The van der Waals surface area contributed by atoms with Gasteiger partial charge in [0.15, 0.2) is 0 Å². The summed E-state index contributed by atoms with van der Waals surface area (Å²) in [5.74, 6) is 0. The highest BCUT2D eigenvalue weighted by Crippen LogP contribution is 2.27. The van der Waals surface area contributed by atoms with E-state index in [0.717, 1.165) is 30.5 Å². The number of urea groups is 1. The molecule has 0 radical (unpaired) electrons. The van der Waals surface area contributed by atoms with Crippen molar-refractivity contribution in [2.75, 3.05) is 13.2 Å². The van der Waals surface area contributed by atoms with E-state index in [9.17, 15) is 4.79 Å². The standard InChI is InChI=1S/C20H25N3O2/c1-15-7-8-16(14-22-15)9-11-21-20(24)23-18-10-12-25-19(13-18)17-5-3-2-4-6-17/h2-8,14,18-19H,9-13H2,1H3,(H2,21,23,24)/t18-,19+/m1/s1. The maximum Gasteiger partial charge on any atom is 0.315 e. The fourth-order valence-electron chi connectivity index (χ4n) is 3.03. The summed E-state index contributed by atoms with van der Waals surface area (Å²) in [5.41, 5.74) is 3.30. The lowest BCUT2D eigenvalue weighted by atomic mass is 9.97. The zero-order valence-corrected chi connectivity index (χ0v) is 14.6. The summed E-state index contributed by atoms with van der Waals surface area (Å²) in [7, 11) is 0. The highest BCUT2D eigenvalue weighted by atomic mass is 16.5. The first-order chi connectivity index (χ1) is 12.2. The lowest BCUT2D eigenvalue weighted by Gasteiger charge is -2.30. The predicted molar refractivity (Wildman–Crippen MR) is 97.4 cm³/mol. The molecule has 1 fully saturated rings. The van der Waals surface area contributed by atoms with Crippen molar-refractivity contribution >= 4 is 6.03 Å². The first-order valence-corrected chi connectivity index (χ1v) is 8.83. The SMILES string of the molecule is Cc1ccc(CCNC(=O)N[C@@H]2CCO[C@H](c3ccccc3)C2)cn1. The fraction of sp³-hybridized carbons (Fsp3) is 0.400. The summed E-state index contributed by atoms with van der Waals surface area (Å²) < 4.78 is 5.85. The molecule has 0 bridgehead atoms. The Morgan fingerprint density at radius 1 is 1.24 bits per heavy atom. The van der Waals surface area contributed by atoms with E-state index in [4.69, 9.17) is 4.74 Å². The van der Waals surface area contributed by atoms with Crippen LogP contribution in [0.4, 0.5) is 4.79 Å². The second-order valence-corrected chi connectivity index (χ2v) is 6.45. The molecule has 132 valence electrons. The van der Waals surface area contributed by atoms with Crippen molar-refractivity contribution in [1.82, 2.24) is 15.6 Å². The molecule has 2 N–H and O–H groups in total. The highest BCUT2D eigenvalue weighted by Gasteiger charge is 2.24. The van der Waals surface area contributed by atoms with Gasteiger partial charge < -0.3 is 15.4 Å². The quantitative estimate of drug-likeness (QED) is 0.879. The smallest absolute Gasteiger partial charge is 0.315 e. The average Bonchev–Trinajstić information content (AvgIpc) is 2.64. The van der Waals surface area contributed by atoms with Gasteiger partial charge in [-0.25, -0.2) is 4.79 Å². The Balaban J connectivity index is 1.42. The summed E-state index contributed by atoms with van der Waals surface area (Å²) in [6, 6.07) is 14.2. The van der Waals surface area contributed by atoms with Gasteiger partial charge in [-0.3, -0.25) is 4.98 Å². The minimum atomic E-state index is -0.112. The molecule has 5 heteroatoms. The first kappa shape index (κ1) is 17.4. The molecule has 2 aromatic rings. The largest absolute Gasteiger partial charge is 0.373 e. The number of benzene rings is 1. The molecular formula is C20H25N3O2. The van der Waals surface area contributed by atoms with Crippen LogP contribution in [-0.4, -0.2) is 30.2 Å². The molecule has 1 aliphatic heterocycles. The van der Waals surface area contributed by atoms with Crippen molar-refractivity contribution < 1.29 is 9.53 Å². The number of carbonyl (C=O) groups excluding carboxylic acids is 1. The van der Waals surface area contributed by atoms with Gasteiger partial charge in [-0.05, 0) is 43.4 Å². The molecule has 2 atom stereocenters. The number of hydrogen-bond acceptors (Lipinski definition) is 3. The third kappa shape index (κ3) is 5.29. The molecule has 1 saturated heterocycles. The van der Waals surface area contributed by atoms with Crippen molar-refractivity contribution in [2.45, 2.75) is 38.3 Å². The molecule has 2 amide bonds. The normalized spacial score (nSPS) is 20.0. The number of amides is 2. The van der Waals surface area contributed by atoms with Crippen LogP contribution in [0.15, 0.2) is 48.7 Å². The molecule has 5 nitrogen and oxygen atoms in total. The Morgan fingerprint density at radius 3 is 2.84 bits per heavy atom. The Kier molecular flexibility index (Phi) is 6.01. The number of aryl methyl sites for hydroxylation is 1. The predicted octanol–water partition coefficient (Wildman–Crippen LogP) is 3.15. The molecule has 0 spiro atoms. The lowest BCUT2D eigenvalue weighted by Crippen LogP contribution is -2.45. The second-order valence-electron chi connectivity index (χ2n) is 6.45. The third-order valence-electron chi connectivity index (χ3n) is 4.46. The van der Waals surface area contributed by atoms with Gasteiger partial charge in [-0.1, -0.05) is 36.4 Å². The second kappa shape index (κ2) is 8.62. The van der Waals surface area contributed by atoms with Gasteiger partial charge in [-0.2, -0.15) is 0 Å². The molecule has 0 saturated carbocycles. The summed E-state index contributed by atoms with van der Waals surface area (Å²) >= 11 is 0. The van der Waals surface area contributed by atoms with E-state index in [0.29, 0.717) is 13.2 Å². The van der Waals surface area contributed by atoms with Gasteiger partial charge in [0.1, 0.15) is 0 Å². The zero-order valence-electron chi connectivity index (χ0n) is 14.6. The van der Waals surface area contributed by atoms with Crippen LogP contribution < -0.4 is 10.6 Å². The Bertz CT molecular complexity index is 673. The topological polar surface area (TPSA) is 63.2 Å². The lowest BCUT2D eigenvalue weighted by molar-refractivity contribution is 0.00227. The number of nitrogens with one attached hydrogen (secondary N) is 2. The molecule has 3 rings (SSSR count). The fourth-order valence-corrected chi connectivity index (χ4v) is 3.03. The molecule has 0 unspecified atom stereocenters. The van der Waals surface area contributed by atoms with Gasteiger partial charge in [0.2, 0.25) is 0 Å². The van der Waals surface area contributed by atoms with Gasteiger partial charge in [0.25, 0.3) is 0 Å². The van der Waals surface area contributed by atoms with Crippen LogP contribution in [0.3, 0.4) is 0 Å². The number of hydrogen-bond donors (Lipinski definition) is 2. The van der Waals surface area contributed by atoms with Crippen LogP contribution in [0.2, 0.25) is 0 Å². The van der Waals surface area contributed by atoms with Gasteiger partial charge in [0.05, 0.1) is 6.10 Å².